The molecule has 16 heavy (non-hydrogen) atoms. The van der Waals surface area contributed by atoms with Gasteiger partial charge < -0.3 is 9.84 Å². The summed E-state index contributed by atoms with van der Waals surface area (Å²) in [6, 6.07) is 7.61. The molecule has 0 unspecified atom stereocenters. The molecule has 3 nitrogen and oxygen atoms in total. The van der Waals surface area contributed by atoms with Gasteiger partial charge in [-0.3, -0.25) is 0 Å². The SMILES string of the molecule is COC(C)(C)c1ccc(C=CC(=O)O)cc1. The van der Waals surface area contributed by atoms with E-state index in [4.69, 9.17) is 9.84 Å². The predicted molar refractivity (Wildman–Crippen MR) is 63.1 cm³/mol. The Hall–Kier alpha value is -1.61. The summed E-state index contributed by atoms with van der Waals surface area (Å²) in [5.41, 5.74) is 1.59. The first kappa shape index (κ1) is 12.5. The average molecular weight is 220 g/mol. The molecule has 1 N–H and O–H groups in total. The van der Waals surface area contributed by atoms with Crippen LogP contribution in [0, 0.1) is 0 Å². The van der Waals surface area contributed by atoms with Crippen LogP contribution in [0.1, 0.15) is 25.0 Å². The smallest absolute Gasteiger partial charge is 0.328 e. The van der Waals surface area contributed by atoms with Gasteiger partial charge in [0.05, 0.1) is 5.60 Å². The van der Waals surface area contributed by atoms with Crippen molar-refractivity contribution in [2.75, 3.05) is 7.11 Å². The van der Waals surface area contributed by atoms with Crippen molar-refractivity contribution in [2.45, 2.75) is 19.4 Å². The summed E-state index contributed by atoms with van der Waals surface area (Å²) in [5, 5.41) is 8.49. The monoisotopic (exact) mass is 220 g/mol. The summed E-state index contributed by atoms with van der Waals surface area (Å²) in [7, 11) is 1.66. The molecular formula is C13H16O3. The molecule has 0 aliphatic carbocycles. The van der Waals surface area contributed by atoms with Crippen LogP contribution < -0.4 is 0 Å². The normalized spacial score (nSPS) is 11.9. The van der Waals surface area contributed by atoms with Gasteiger partial charge in [-0.25, -0.2) is 4.79 Å². The van der Waals surface area contributed by atoms with Crippen molar-refractivity contribution in [3.8, 4) is 0 Å². The lowest BCUT2D eigenvalue weighted by Gasteiger charge is -2.23. The van der Waals surface area contributed by atoms with Crippen LogP contribution in [0.15, 0.2) is 30.3 Å². The second kappa shape index (κ2) is 4.94. The van der Waals surface area contributed by atoms with E-state index in [1.807, 2.05) is 38.1 Å². The minimum absolute atomic E-state index is 0.324. The number of ether oxygens (including phenoxy) is 1. The van der Waals surface area contributed by atoms with Crippen LogP contribution in [-0.4, -0.2) is 18.2 Å². The van der Waals surface area contributed by atoms with E-state index in [9.17, 15) is 4.79 Å². The number of aliphatic carboxylic acids is 1. The van der Waals surface area contributed by atoms with E-state index in [0.29, 0.717) is 0 Å². The number of rotatable bonds is 4. The zero-order valence-corrected chi connectivity index (χ0v) is 9.73. The molecule has 0 saturated carbocycles. The Morgan fingerprint density at radius 1 is 1.31 bits per heavy atom. The first-order valence-corrected chi connectivity index (χ1v) is 5.02. The average Bonchev–Trinajstić information content (AvgIpc) is 2.27. The van der Waals surface area contributed by atoms with Gasteiger partial charge in [-0.1, -0.05) is 24.3 Å². The van der Waals surface area contributed by atoms with Crippen LogP contribution in [0.2, 0.25) is 0 Å². The summed E-state index contributed by atoms with van der Waals surface area (Å²) in [6.07, 6.45) is 2.68. The zero-order chi connectivity index (χ0) is 12.2. The van der Waals surface area contributed by atoms with Gasteiger partial charge in [-0.15, -0.1) is 0 Å². The molecule has 0 saturated heterocycles. The predicted octanol–water partition coefficient (Wildman–Crippen LogP) is 2.67. The Kier molecular flexibility index (Phi) is 3.85. The van der Waals surface area contributed by atoms with E-state index < -0.39 is 5.97 Å². The summed E-state index contributed by atoms with van der Waals surface area (Å²) >= 11 is 0. The number of benzene rings is 1. The van der Waals surface area contributed by atoms with Crippen LogP contribution in [0.4, 0.5) is 0 Å². The molecule has 0 aliphatic rings. The van der Waals surface area contributed by atoms with E-state index in [1.54, 1.807) is 13.2 Å². The molecule has 0 fully saturated rings. The molecule has 3 heteroatoms. The van der Waals surface area contributed by atoms with Crippen LogP contribution >= 0.6 is 0 Å². The Bertz CT molecular complexity index is 388. The zero-order valence-electron chi connectivity index (χ0n) is 9.73. The third kappa shape index (κ3) is 3.21. The molecule has 0 amide bonds. The third-order valence-electron chi connectivity index (χ3n) is 2.53. The van der Waals surface area contributed by atoms with E-state index >= 15 is 0 Å². The molecule has 0 bridgehead atoms. The number of carbonyl (C=O) groups is 1. The van der Waals surface area contributed by atoms with Crippen molar-refractivity contribution in [1.29, 1.82) is 0 Å². The Labute approximate surface area is 95.4 Å². The molecule has 0 spiro atoms. The van der Waals surface area contributed by atoms with Crippen LogP contribution in [0.5, 0.6) is 0 Å². The number of hydrogen-bond donors (Lipinski definition) is 1. The molecule has 1 aromatic rings. The van der Waals surface area contributed by atoms with Gasteiger partial charge >= 0.3 is 5.97 Å². The second-order valence-electron chi connectivity index (χ2n) is 4.01. The maximum Gasteiger partial charge on any atom is 0.328 e. The van der Waals surface area contributed by atoms with Crippen molar-refractivity contribution >= 4 is 12.0 Å². The number of carboxylic acid groups (broad SMARTS) is 1. The van der Waals surface area contributed by atoms with Crippen LogP contribution in [0.3, 0.4) is 0 Å². The van der Waals surface area contributed by atoms with Crippen molar-refractivity contribution in [3.05, 3.63) is 41.5 Å². The Morgan fingerprint density at radius 3 is 2.31 bits per heavy atom. The molecule has 0 atom stereocenters. The lowest BCUT2D eigenvalue weighted by Crippen LogP contribution is -2.19. The maximum absolute atomic E-state index is 10.3. The van der Waals surface area contributed by atoms with E-state index in [2.05, 4.69) is 0 Å². The Balaban J connectivity index is 2.87. The number of methoxy groups -OCH3 is 1. The second-order valence-corrected chi connectivity index (χ2v) is 4.01. The third-order valence-corrected chi connectivity index (χ3v) is 2.53. The van der Waals surface area contributed by atoms with Gasteiger partial charge in [0.1, 0.15) is 0 Å². The fraction of sp³-hybridized carbons (Fsp3) is 0.308. The van der Waals surface area contributed by atoms with Gasteiger partial charge in [-0.05, 0) is 31.1 Å². The maximum atomic E-state index is 10.3. The molecule has 0 aliphatic heterocycles. The first-order chi connectivity index (χ1) is 7.45. The highest BCUT2D eigenvalue weighted by Crippen LogP contribution is 2.23. The van der Waals surface area contributed by atoms with Crippen LogP contribution in [-0.2, 0) is 15.1 Å². The molecule has 0 heterocycles. The minimum Gasteiger partial charge on any atom is -0.478 e. The highest BCUT2D eigenvalue weighted by atomic mass is 16.5. The minimum atomic E-state index is -0.943. The summed E-state index contributed by atoms with van der Waals surface area (Å²) in [4.78, 5) is 10.3. The van der Waals surface area contributed by atoms with Crippen molar-refractivity contribution in [3.63, 3.8) is 0 Å². The molecule has 86 valence electrons. The van der Waals surface area contributed by atoms with Crippen LogP contribution in [0.25, 0.3) is 6.08 Å². The van der Waals surface area contributed by atoms with E-state index in [1.165, 1.54) is 0 Å². The van der Waals surface area contributed by atoms with Gasteiger partial charge in [0.25, 0.3) is 0 Å². The highest BCUT2D eigenvalue weighted by Gasteiger charge is 2.18. The molecule has 1 rings (SSSR count). The molecule has 0 aromatic heterocycles. The first-order valence-electron chi connectivity index (χ1n) is 5.02. The van der Waals surface area contributed by atoms with Gasteiger partial charge in [0, 0.05) is 13.2 Å². The van der Waals surface area contributed by atoms with Gasteiger partial charge in [0.15, 0.2) is 0 Å². The topological polar surface area (TPSA) is 46.5 Å². The molecular weight excluding hydrogens is 204 g/mol. The highest BCUT2D eigenvalue weighted by molar-refractivity contribution is 5.85. The lowest BCUT2D eigenvalue weighted by molar-refractivity contribution is -0.131. The van der Waals surface area contributed by atoms with E-state index in [0.717, 1.165) is 17.2 Å². The summed E-state index contributed by atoms with van der Waals surface area (Å²) in [6.45, 7) is 3.96. The van der Waals surface area contributed by atoms with Gasteiger partial charge in [0.2, 0.25) is 0 Å². The van der Waals surface area contributed by atoms with Crippen molar-refractivity contribution < 1.29 is 14.6 Å². The number of carboxylic acids is 1. The largest absolute Gasteiger partial charge is 0.478 e. The summed E-state index contributed by atoms with van der Waals surface area (Å²) < 4.78 is 5.35. The molecule has 1 aromatic carbocycles. The fourth-order valence-electron chi connectivity index (χ4n) is 1.28. The molecule has 0 radical (unpaired) electrons. The number of hydrogen-bond acceptors (Lipinski definition) is 2. The van der Waals surface area contributed by atoms with E-state index in [-0.39, 0.29) is 5.60 Å². The fourth-order valence-corrected chi connectivity index (χ4v) is 1.28. The quantitative estimate of drug-likeness (QED) is 0.793. The standard InChI is InChI=1S/C13H16O3/c1-13(2,16-3)11-7-4-10(5-8-11)6-9-12(14)15/h4-9H,1-3H3,(H,14,15). The lowest BCUT2D eigenvalue weighted by atomic mass is 9.97. The Morgan fingerprint density at radius 2 is 1.88 bits per heavy atom. The van der Waals surface area contributed by atoms with Crippen molar-refractivity contribution in [2.24, 2.45) is 0 Å². The van der Waals surface area contributed by atoms with Crippen molar-refractivity contribution in [1.82, 2.24) is 0 Å². The van der Waals surface area contributed by atoms with Gasteiger partial charge in [-0.2, -0.15) is 0 Å². The summed E-state index contributed by atoms with van der Waals surface area (Å²) in [5.74, 6) is -0.943.